The Morgan fingerprint density at radius 2 is 2.00 bits per heavy atom. The van der Waals surface area contributed by atoms with E-state index in [4.69, 9.17) is 4.74 Å². The molecule has 0 aliphatic rings. The Morgan fingerprint density at radius 3 is 2.64 bits per heavy atom. The lowest BCUT2D eigenvalue weighted by molar-refractivity contribution is -0.137. The second-order valence-corrected chi connectivity index (χ2v) is 5.20. The predicted molar refractivity (Wildman–Crippen MR) is 87.7 cm³/mol. The minimum Gasteiger partial charge on any atom is -0.497 e. The summed E-state index contributed by atoms with van der Waals surface area (Å²) >= 11 is 0. The van der Waals surface area contributed by atoms with Crippen LogP contribution in [0.15, 0.2) is 42.6 Å². The van der Waals surface area contributed by atoms with Crippen LogP contribution in [-0.4, -0.2) is 31.1 Å². The van der Waals surface area contributed by atoms with Gasteiger partial charge < -0.3 is 15.4 Å². The summed E-state index contributed by atoms with van der Waals surface area (Å²) in [7, 11) is 1.53. The highest BCUT2D eigenvalue weighted by atomic mass is 19.4. The van der Waals surface area contributed by atoms with Gasteiger partial charge in [0.2, 0.25) is 0 Å². The molecule has 134 valence electrons. The Labute approximate surface area is 143 Å². The van der Waals surface area contributed by atoms with Crippen molar-refractivity contribution in [2.24, 2.45) is 0 Å². The van der Waals surface area contributed by atoms with E-state index in [1.165, 1.54) is 13.2 Å². The number of nitrogens with one attached hydrogen (secondary N) is 2. The molecule has 8 heteroatoms. The number of carbonyl (C=O) groups excluding carboxylic acids is 1. The average molecular weight is 353 g/mol. The highest BCUT2D eigenvalue weighted by Crippen LogP contribution is 2.28. The van der Waals surface area contributed by atoms with Gasteiger partial charge in [-0.25, -0.2) is 4.98 Å². The van der Waals surface area contributed by atoms with E-state index in [9.17, 15) is 18.0 Å². The van der Waals surface area contributed by atoms with E-state index in [1.807, 2.05) is 0 Å². The summed E-state index contributed by atoms with van der Waals surface area (Å²) in [5.41, 5.74) is -0.291. The number of benzene rings is 1. The van der Waals surface area contributed by atoms with Gasteiger partial charge in [-0.05, 0) is 36.8 Å². The van der Waals surface area contributed by atoms with Crippen molar-refractivity contribution in [2.45, 2.75) is 12.6 Å². The Kier molecular flexibility index (Phi) is 6.21. The molecule has 0 atom stereocenters. The van der Waals surface area contributed by atoms with Gasteiger partial charge in [0.1, 0.15) is 11.6 Å². The molecule has 0 saturated carbocycles. The quantitative estimate of drug-likeness (QED) is 0.750. The number of rotatable bonds is 7. The highest BCUT2D eigenvalue weighted by Gasteiger charge is 2.30. The second-order valence-electron chi connectivity index (χ2n) is 5.20. The third kappa shape index (κ3) is 5.66. The molecule has 1 amide bonds. The maximum absolute atomic E-state index is 12.4. The number of hydrogen-bond acceptors (Lipinski definition) is 4. The standard InChI is InChI=1S/C17H18F3N3O2/c1-25-14-5-2-4-12(10-14)16(24)22-9-3-8-21-15-7-6-13(11-23-15)17(18,19)20/h2,4-7,10-11H,3,8-9H2,1H3,(H,21,23)(H,22,24). The number of halogens is 3. The Bertz CT molecular complexity index is 703. The molecule has 0 aliphatic heterocycles. The number of alkyl halides is 3. The van der Waals surface area contributed by atoms with Crippen LogP contribution in [0, 0.1) is 0 Å². The normalized spacial score (nSPS) is 11.0. The van der Waals surface area contributed by atoms with Gasteiger partial charge in [-0.1, -0.05) is 6.07 Å². The van der Waals surface area contributed by atoms with Crippen molar-refractivity contribution in [3.8, 4) is 5.75 Å². The summed E-state index contributed by atoms with van der Waals surface area (Å²) in [6.07, 6.45) is -3.01. The van der Waals surface area contributed by atoms with Crippen LogP contribution in [0.5, 0.6) is 5.75 Å². The molecule has 0 fully saturated rings. The van der Waals surface area contributed by atoms with Crippen LogP contribution >= 0.6 is 0 Å². The molecule has 0 radical (unpaired) electrons. The van der Waals surface area contributed by atoms with Crippen LogP contribution in [0.3, 0.4) is 0 Å². The molecule has 1 aromatic heterocycles. The molecule has 1 heterocycles. The molecule has 2 N–H and O–H groups in total. The van der Waals surface area contributed by atoms with Gasteiger partial charge in [0.25, 0.3) is 5.91 Å². The van der Waals surface area contributed by atoms with Crippen LogP contribution in [0.1, 0.15) is 22.3 Å². The van der Waals surface area contributed by atoms with E-state index in [0.29, 0.717) is 36.6 Å². The SMILES string of the molecule is COc1cccc(C(=O)NCCCNc2ccc(C(F)(F)F)cn2)c1. The fourth-order valence-electron chi connectivity index (χ4n) is 2.04. The predicted octanol–water partition coefficient (Wildman–Crippen LogP) is 3.34. The first kappa shape index (κ1) is 18.6. The van der Waals surface area contributed by atoms with Crippen LogP contribution < -0.4 is 15.4 Å². The first-order chi connectivity index (χ1) is 11.9. The van der Waals surface area contributed by atoms with Gasteiger partial charge >= 0.3 is 6.18 Å². The first-order valence-electron chi connectivity index (χ1n) is 7.59. The van der Waals surface area contributed by atoms with Crippen molar-refractivity contribution in [1.82, 2.24) is 10.3 Å². The molecule has 0 aliphatic carbocycles. The molecule has 5 nitrogen and oxygen atoms in total. The number of methoxy groups -OCH3 is 1. The van der Waals surface area contributed by atoms with Crippen LogP contribution in [0.2, 0.25) is 0 Å². The zero-order valence-electron chi connectivity index (χ0n) is 13.6. The molecule has 0 bridgehead atoms. The van der Waals surface area contributed by atoms with Gasteiger partial charge in [-0.15, -0.1) is 0 Å². The monoisotopic (exact) mass is 353 g/mol. The van der Waals surface area contributed by atoms with E-state index >= 15 is 0 Å². The van der Waals surface area contributed by atoms with Crippen molar-refractivity contribution in [3.63, 3.8) is 0 Å². The molecule has 0 saturated heterocycles. The molecule has 0 unspecified atom stereocenters. The molecule has 25 heavy (non-hydrogen) atoms. The smallest absolute Gasteiger partial charge is 0.417 e. The van der Waals surface area contributed by atoms with Gasteiger partial charge in [-0.3, -0.25) is 4.79 Å². The number of nitrogens with zero attached hydrogens (tertiary/aromatic N) is 1. The minimum absolute atomic E-state index is 0.216. The first-order valence-corrected chi connectivity index (χ1v) is 7.59. The molecule has 1 aromatic carbocycles. The zero-order chi connectivity index (χ0) is 18.3. The lowest BCUT2D eigenvalue weighted by atomic mass is 10.2. The lowest BCUT2D eigenvalue weighted by Crippen LogP contribution is -2.25. The van der Waals surface area contributed by atoms with Gasteiger partial charge in [0.15, 0.2) is 0 Å². The molecule has 0 spiro atoms. The number of carbonyl (C=O) groups is 1. The van der Waals surface area contributed by atoms with Crippen molar-refractivity contribution in [1.29, 1.82) is 0 Å². The topological polar surface area (TPSA) is 63.2 Å². The second kappa shape index (κ2) is 8.36. The summed E-state index contributed by atoms with van der Waals surface area (Å²) in [4.78, 5) is 15.7. The van der Waals surface area contributed by atoms with Crippen LogP contribution in [0.4, 0.5) is 19.0 Å². The van der Waals surface area contributed by atoms with Crippen molar-refractivity contribution >= 4 is 11.7 Å². The number of amides is 1. The highest BCUT2D eigenvalue weighted by molar-refractivity contribution is 5.94. The number of hydrogen-bond donors (Lipinski definition) is 2. The van der Waals surface area contributed by atoms with Gasteiger partial charge in [0.05, 0.1) is 12.7 Å². The Balaban J connectivity index is 1.71. The van der Waals surface area contributed by atoms with Crippen LogP contribution in [-0.2, 0) is 6.18 Å². The Morgan fingerprint density at radius 1 is 1.20 bits per heavy atom. The maximum atomic E-state index is 12.4. The molecule has 2 aromatic rings. The molecule has 2 rings (SSSR count). The third-order valence-corrected chi connectivity index (χ3v) is 3.37. The fraction of sp³-hybridized carbons (Fsp3) is 0.294. The zero-order valence-corrected chi connectivity index (χ0v) is 13.6. The largest absolute Gasteiger partial charge is 0.497 e. The van der Waals surface area contributed by atoms with E-state index in [-0.39, 0.29) is 5.91 Å². The van der Waals surface area contributed by atoms with Crippen LogP contribution in [0.25, 0.3) is 0 Å². The average Bonchev–Trinajstić information content (AvgIpc) is 2.61. The van der Waals surface area contributed by atoms with E-state index in [0.717, 1.165) is 12.3 Å². The maximum Gasteiger partial charge on any atom is 0.417 e. The summed E-state index contributed by atoms with van der Waals surface area (Å²) in [6, 6.07) is 9.04. The van der Waals surface area contributed by atoms with E-state index < -0.39 is 11.7 Å². The summed E-state index contributed by atoms with van der Waals surface area (Å²) in [5.74, 6) is 0.737. The minimum atomic E-state index is -4.39. The summed E-state index contributed by atoms with van der Waals surface area (Å²) in [6.45, 7) is 0.889. The van der Waals surface area contributed by atoms with Gasteiger partial charge in [-0.2, -0.15) is 13.2 Å². The van der Waals surface area contributed by atoms with E-state index in [1.54, 1.807) is 24.3 Å². The lowest BCUT2D eigenvalue weighted by Gasteiger charge is -2.09. The molecular formula is C17H18F3N3O2. The number of aromatic nitrogens is 1. The summed E-state index contributed by atoms with van der Waals surface area (Å²) in [5, 5.41) is 5.67. The van der Waals surface area contributed by atoms with Gasteiger partial charge in [0, 0.05) is 24.8 Å². The summed E-state index contributed by atoms with van der Waals surface area (Å²) < 4.78 is 42.3. The van der Waals surface area contributed by atoms with Crippen molar-refractivity contribution in [3.05, 3.63) is 53.7 Å². The fourth-order valence-corrected chi connectivity index (χ4v) is 2.04. The number of anilines is 1. The molecular weight excluding hydrogens is 335 g/mol. The van der Waals surface area contributed by atoms with E-state index in [2.05, 4.69) is 15.6 Å². The third-order valence-electron chi connectivity index (χ3n) is 3.37. The number of ether oxygens (including phenoxy) is 1. The van der Waals surface area contributed by atoms with Crippen molar-refractivity contribution < 1.29 is 22.7 Å². The number of pyridine rings is 1. The Hall–Kier alpha value is -2.77. The van der Waals surface area contributed by atoms with Crippen molar-refractivity contribution in [2.75, 3.05) is 25.5 Å².